The van der Waals surface area contributed by atoms with Crippen LogP contribution in [0.3, 0.4) is 0 Å². The van der Waals surface area contributed by atoms with Crippen molar-refractivity contribution in [1.82, 2.24) is 9.97 Å². The van der Waals surface area contributed by atoms with E-state index in [1.54, 1.807) is 49.7 Å². The first-order valence-electron chi connectivity index (χ1n) is 8.29. The van der Waals surface area contributed by atoms with E-state index in [9.17, 15) is 5.11 Å². The van der Waals surface area contributed by atoms with E-state index < -0.39 is 0 Å². The van der Waals surface area contributed by atoms with Crippen LogP contribution in [0, 0.1) is 0 Å². The lowest BCUT2D eigenvalue weighted by molar-refractivity contribution is 0.350. The van der Waals surface area contributed by atoms with E-state index in [1.807, 2.05) is 6.92 Å². The lowest BCUT2D eigenvalue weighted by Crippen LogP contribution is -1.98. The monoisotopic (exact) mass is 364 g/mol. The summed E-state index contributed by atoms with van der Waals surface area (Å²) in [7, 11) is 1.60. The van der Waals surface area contributed by atoms with Crippen molar-refractivity contribution in [3.63, 3.8) is 0 Å². The lowest BCUT2D eigenvalue weighted by atomic mass is 10.1. The molecule has 0 aliphatic heterocycles. The van der Waals surface area contributed by atoms with Gasteiger partial charge >= 0.3 is 0 Å². The molecule has 138 valence electrons. The molecular formula is C21H20N2O4. The number of phenolic OH excluding ortho intramolecular Hbond substituents is 1. The third kappa shape index (κ3) is 4.55. The molecular weight excluding hydrogens is 344 g/mol. The maximum atomic E-state index is 10.4. The predicted octanol–water partition coefficient (Wildman–Crippen LogP) is 4.61. The smallest absolute Gasteiger partial charge is 0.172 e. The quantitative estimate of drug-likeness (QED) is 0.618. The van der Waals surface area contributed by atoms with Crippen molar-refractivity contribution in [2.45, 2.75) is 6.92 Å². The largest absolute Gasteiger partial charge is 0.507 e. The van der Waals surface area contributed by atoms with Gasteiger partial charge in [0.25, 0.3) is 0 Å². The van der Waals surface area contributed by atoms with E-state index in [4.69, 9.17) is 14.2 Å². The number of aromatic hydroxyl groups is 1. The Kier molecular flexibility index (Phi) is 5.56. The molecule has 0 aliphatic carbocycles. The Morgan fingerprint density at radius 1 is 1.07 bits per heavy atom. The molecule has 27 heavy (non-hydrogen) atoms. The van der Waals surface area contributed by atoms with Crippen LogP contribution in [0.4, 0.5) is 0 Å². The SMILES string of the molecule is C=C(C)COc1ccc(-c2ncncc2Oc2ccc(OC)cc2)c(O)c1. The molecule has 0 atom stereocenters. The third-order valence-electron chi connectivity index (χ3n) is 3.68. The van der Waals surface area contributed by atoms with Crippen molar-refractivity contribution in [2.24, 2.45) is 0 Å². The van der Waals surface area contributed by atoms with Gasteiger partial charge in [0.05, 0.1) is 13.3 Å². The fourth-order valence-electron chi connectivity index (χ4n) is 2.37. The van der Waals surface area contributed by atoms with Crippen LogP contribution in [-0.2, 0) is 0 Å². The molecule has 0 radical (unpaired) electrons. The molecule has 2 aromatic carbocycles. The first kappa shape index (κ1) is 18.3. The van der Waals surface area contributed by atoms with Crippen LogP contribution in [0.1, 0.15) is 6.92 Å². The van der Waals surface area contributed by atoms with Gasteiger partial charge in [0.2, 0.25) is 0 Å². The van der Waals surface area contributed by atoms with Crippen LogP contribution in [0.25, 0.3) is 11.3 Å². The van der Waals surface area contributed by atoms with Crippen LogP contribution in [0.15, 0.2) is 67.1 Å². The van der Waals surface area contributed by atoms with Crippen molar-refractivity contribution in [2.75, 3.05) is 13.7 Å². The van der Waals surface area contributed by atoms with E-state index in [1.165, 1.54) is 12.4 Å². The van der Waals surface area contributed by atoms with Crippen molar-refractivity contribution >= 4 is 0 Å². The second-order valence-electron chi connectivity index (χ2n) is 5.94. The van der Waals surface area contributed by atoms with Crippen molar-refractivity contribution < 1.29 is 19.3 Å². The highest BCUT2D eigenvalue weighted by Crippen LogP contribution is 2.37. The number of methoxy groups -OCH3 is 1. The van der Waals surface area contributed by atoms with Crippen molar-refractivity contribution in [3.8, 4) is 40.0 Å². The van der Waals surface area contributed by atoms with Gasteiger partial charge in [-0.15, -0.1) is 0 Å². The Labute approximate surface area is 157 Å². The van der Waals surface area contributed by atoms with E-state index >= 15 is 0 Å². The highest BCUT2D eigenvalue weighted by atomic mass is 16.5. The maximum absolute atomic E-state index is 10.4. The molecule has 3 rings (SSSR count). The van der Waals surface area contributed by atoms with Gasteiger partial charge in [0.15, 0.2) is 5.75 Å². The molecule has 1 heterocycles. The number of ether oxygens (including phenoxy) is 3. The second-order valence-corrected chi connectivity index (χ2v) is 5.94. The number of rotatable bonds is 7. The Hall–Kier alpha value is -3.54. The van der Waals surface area contributed by atoms with Crippen molar-refractivity contribution in [3.05, 3.63) is 67.1 Å². The van der Waals surface area contributed by atoms with Gasteiger partial charge in [-0.05, 0) is 48.9 Å². The first-order chi connectivity index (χ1) is 13.1. The van der Waals surface area contributed by atoms with Crippen LogP contribution >= 0.6 is 0 Å². The fourth-order valence-corrected chi connectivity index (χ4v) is 2.37. The molecule has 0 fully saturated rings. The fraction of sp³-hybridized carbons (Fsp3) is 0.143. The second kappa shape index (κ2) is 8.23. The van der Waals surface area contributed by atoms with E-state index in [0.29, 0.717) is 35.1 Å². The normalized spacial score (nSPS) is 10.3. The minimum Gasteiger partial charge on any atom is -0.507 e. The first-order valence-corrected chi connectivity index (χ1v) is 8.29. The van der Waals surface area contributed by atoms with Crippen LogP contribution in [-0.4, -0.2) is 28.8 Å². The summed E-state index contributed by atoms with van der Waals surface area (Å²) >= 11 is 0. The van der Waals surface area contributed by atoms with Gasteiger partial charge in [-0.3, -0.25) is 0 Å². The number of phenols is 1. The molecule has 0 unspecified atom stereocenters. The molecule has 0 saturated carbocycles. The van der Waals surface area contributed by atoms with Gasteiger partial charge < -0.3 is 19.3 Å². The third-order valence-corrected chi connectivity index (χ3v) is 3.68. The summed E-state index contributed by atoms with van der Waals surface area (Å²) in [4.78, 5) is 8.29. The number of aromatic nitrogens is 2. The van der Waals surface area contributed by atoms with E-state index in [2.05, 4.69) is 16.5 Å². The average molecular weight is 364 g/mol. The molecule has 0 spiro atoms. The Balaban J connectivity index is 1.87. The van der Waals surface area contributed by atoms with Crippen LogP contribution < -0.4 is 14.2 Å². The Morgan fingerprint density at radius 2 is 1.78 bits per heavy atom. The zero-order chi connectivity index (χ0) is 19.2. The summed E-state index contributed by atoms with van der Waals surface area (Å²) in [6, 6.07) is 12.2. The standard InChI is InChI=1S/C21H20N2O4/c1-14(2)12-26-17-8-9-18(19(24)10-17)21-20(11-22-13-23-21)27-16-6-4-15(25-3)5-7-16/h4-11,13,24H,1,12H2,2-3H3. The summed E-state index contributed by atoms with van der Waals surface area (Å²) in [5.41, 5.74) is 1.89. The molecule has 0 amide bonds. The van der Waals surface area contributed by atoms with Gasteiger partial charge in [0, 0.05) is 11.6 Å². The summed E-state index contributed by atoms with van der Waals surface area (Å²) in [5.74, 6) is 2.34. The zero-order valence-corrected chi connectivity index (χ0v) is 15.2. The Morgan fingerprint density at radius 3 is 2.44 bits per heavy atom. The number of benzene rings is 2. The Bertz CT molecular complexity index is 939. The highest BCUT2D eigenvalue weighted by molar-refractivity contribution is 5.72. The minimum atomic E-state index is 0.0347. The topological polar surface area (TPSA) is 73.7 Å². The predicted molar refractivity (Wildman–Crippen MR) is 103 cm³/mol. The van der Waals surface area contributed by atoms with Gasteiger partial charge in [0.1, 0.15) is 41.6 Å². The van der Waals surface area contributed by atoms with Crippen molar-refractivity contribution in [1.29, 1.82) is 0 Å². The molecule has 3 aromatic rings. The molecule has 1 N–H and O–H groups in total. The number of hydrogen-bond donors (Lipinski definition) is 1. The molecule has 6 heteroatoms. The number of nitrogens with zero attached hydrogens (tertiary/aromatic N) is 2. The van der Waals surface area contributed by atoms with Gasteiger partial charge in [-0.2, -0.15) is 0 Å². The summed E-state index contributed by atoms with van der Waals surface area (Å²) < 4.78 is 16.6. The highest BCUT2D eigenvalue weighted by Gasteiger charge is 2.14. The van der Waals surface area contributed by atoms with E-state index in [0.717, 1.165) is 11.3 Å². The van der Waals surface area contributed by atoms with Crippen LogP contribution in [0.2, 0.25) is 0 Å². The lowest BCUT2D eigenvalue weighted by Gasteiger charge is -2.12. The summed E-state index contributed by atoms with van der Waals surface area (Å²) in [6.45, 7) is 6.05. The molecule has 1 aromatic heterocycles. The van der Waals surface area contributed by atoms with E-state index in [-0.39, 0.29) is 5.75 Å². The molecule has 0 saturated heterocycles. The summed E-state index contributed by atoms with van der Waals surface area (Å²) in [5, 5.41) is 10.4. The molecule has 0 aliphatic rings. The average Bonchev–Trinajstić information content (AvgIpc) is 2.68. The van der Waals surface area contributed by atoms with Gasteiger partial charge in [-0.25, -0.2) is 9.97 Å². The zero-order valence-electron chi connectivity index (χ0n) is 15.2. The molecule has 0 bridgehead atoms. The minimum absolute atomic E-state index is 0.0347. The summed E-state index contributed by atoms with van der Waals surface area (Å²) in [6.07, 6.45) is 2.96. The number of hydrogen-bond acceptors (Lipinski definition) is 6. The maximum Gasteiger partial charge on any atom is 0.172 e. The molecule has 6 nitrogen and oxygen atoms in total. The van der Waals surface area contributed by atoms with Crippen LogP contribution in [0.5, 0.6) is 28.7 Å². The van der Waals surface area contributed by atoms with Gasteiger partial charge in [-0.1, -0.05) is 6.58 Å².